The molecule has 1 aromatic heterocycles. The summed E-state index contributed by atoms with van der Waals surface area (Å²) in [6.07, 6.45) is 2.52. The summed E-state index contributed by atoms with van der Waals surface area (Å²) in [4.78, 5) is 20.5. The maximum Gasteiger partial charge on any atom is 0.271 e. The van der Waals surface area contributed by atoms with Crippen LogP contribution in [0.4, 0.5) is 0 Å². The van der Waals surface area contributed by atoms with Gasteiger partial charge in [0.05, 0.1) is 23.8 Å². The smallest absolute Gasteiger partial charge is 0.271 e. The lowest BCUT2D eigenvalue weighted by molar-refractivity contribution is 0.0940. The van der Waals surface area contributed by atoms with E-state index in [1.807, 2.05) is 24.3 Å². The van der Waals surface area contributed by atoms with Crippen molar-refractivity contribution in [2.24, 2.45) is 5.92 Å². The highest BCUT2D eigenvalue weighted by atomic mass is 16.5. The van der Waals surface area contributed by atoms with E-state index >= 15 is 0 Å². The van der Waals surface area contributed by atoms with Crippen LogP contribution in [-0.4, -0.2) is 35.6 Å². The Bertz CT molecular complexity index is 594. The van der Waals surface area contributed by atoms with Crippen molar-refractivity contribution in [2.75, 3.05) is 19.8 Å². The number of hydrogen-bond donors (Lipinski definition) is 1. The minimum absolute atomic E-state index is 0.176. The summed E-state index contributed by atoms with van der Waals surface area (Å²) in [6.45, 7) is 2.15. The Labute approximate surface area is 111 Å². The first-order valence-electron chi connectivity index (χ1n) is 6.40. The zero-order valence-corrected chi connectivity index (χ0v) is 10.5. The van der Waals surface area contributed by atoms with Gasteiger partial charge in [-0.1, -0.05) is 12.1 Å². The lowest BCUT2D eigenvalue weighted by Crippen LogP contribution is -2.30. The summed E-state index contributed by atoms with van der Waals surface area (Å²) < 4.78 is 5.27. The molecule has 1 amide bonds. The predicted octanol–water partition coefficient (Wildman–Crippen LogP) is 1.40. The number of ether oxygens (including phenoxy) is 1. The van der Waals surface area contributed by atoms with Crippen LogP contribution in [0, 0.1) is 5.92 Å². The van der Waals surface area contributed by atoms with Crippen LogP contribution in [0.15, 0.2) is 30.5 Å². The fourth-order valence-electron chi connectivity index (χ4n) is 2.14. The molecular formula is C14H15N3O2. The number of para-hydroxylation sites is 2. The number of aromatic nitrogens is 2. The van der Waals surface area contributed by atoms with Gasteiger partial charge in [-0.25, -0.2) is 4.98 Å². The molecule has 2 heterocycles. The quantitative estimate of drug-likeness (QED) is 0.902. The molecule has 0 spiro atoms. The van der Waals surface area contributed by atoms with Gasteiger partial charge in [-0.2, -0.15) is 0 Å². The molecule has 19 heavy (non-hydrogen) atoms. The van der Waals surface area contributed by atoms with Crippen molar-refractivity contribution in [2.45, 2.75) is 6.42 Å². The molecule has 0 bridgehead atoms. The monoisotopic (exact) mass is 257 g/mol. The third kappa shape index (κ3) is 2.71. The molecule has 1 aliphatic heterocycles. The second-order valence-corrected chi connectivity index (χ2v) is 4.68. The normalized spacial score (nSPS) is 18.6. The molecule has 98 valence electrons. The highest BCUT2D eigenvalue weighted by molar-refractivity contribution is 5.93. The van der Waals surface area contributed by atoms with Gasteiger partial charge >= 0.3 is 0 Å². The van der Waals surface area contributed by atoms with Crippen LogP contribution in [0.1, 0.15) is 16.9 Å². The molecule has 2 aromatic rings. The van der Waals surface area contributed by atoms with Crippen molar-refractivity contribution in [3.8, 4) is 0 Å². The van der Waals surface area contributed by atoms with Crippen molar-refractivity contribution in [1.29, 1.82) is 0 Å². The number of benzene rings is 1. The van der Waals surface area contributed by atoms with Gasteiger partial charge in [0.2, 0.25) is 0 Å². The van der Waals surface area contributed by atoms with Crippen molar-refractivity contribution >= 4 is 16.9 Å². The molecule has 1 atom stereocenters. The second-order valence-electron chi connectivity index (χ2n) is 4.68. The van der Waals surface area contributed by atoms with E-state index in [1.54, 1.807) is 0 Å². The molecule has 0 aliphatic carbocycles. The molecule has 0 saturated carbocycles. The Morgan fingerprint density at radius 2 is 2.21 bits per heavy atom. The van der Waals surface area contributed by atoms with Crippen LogP contribution in [0.2, 0.25) is 0 Å². The topological polar surface area (TPSA) is 64.1 Å². The maximum absolute atomic E-state index is 12.0. The molecule has 5 nitrogen and oxygen atoms in total. The first kappa shape index (κ1) is 12.0. The highest BCUT2D eigenvalue weighted by Crippen LogP contribution is 2.11. The SMILES string of the molecule is O=C(NC[C@H]1CCOC1)c1cnc2ccccc2n1. The van der Waals surface area contributed by atoms with Gasteiger partial charge in [0.1, 0.15) is 5.69 Å². The van der Waals surface area contributed by atoms with E-state index in [1.165, 1.54) is 6.20 Å². The summed E-state index contributed by atoms with van der Waals surface area (Å²) in [5.74, 6) is 0.238. The second kappa shape index (κ2) is 5.32. The average molecular weight is 257 g/mol. The van der Waals surface area contributed by atoms with Crippen molar-refractivity contribution in [3.63, 3.8) is 0 Å². The number of nitrogens with one attached hydrogen (secondary N) is 1. The maximum atomic E-state index is 12.0. The summed E-state index contributed by atoms with van der Waals surface area (Å²) in [6, 6.07) is 7.51. The summed E-state index contributed by atoms with van der Waals surface area (Å²) >= 11 is 0. The van der Waals surface area contributed by atoms with Crippen LogP contribution in [-0.2, 0) is 4.74 Å². The van der Waals surface area contributed by atoms with Crippen molar-refractivity contribution < 1.29 is 9.53 Å². The molecule has 1 fully saturated rings. The highest BCUT2D eigenvalue weighted by Gasteiger charge is 2.17. The van der Waals surface area contributed by atoms with Crippen LogP contribution in [0.3, 0.4) is 0 Å². The number of carbonyl (C=O) groups excluding carboxylic acids is 1. The number of hydrogen-bond acceptors (Lipinski definition) is 4. The van der Waals surface area contributed by atoms with Gasteiger partial charge < -0.3 is 10.1 Å². The van der Waals surface area contributed by atoms with E-state index in [-0.39, 0.29) is 5.91 Å². The Morgan fingerprint density at radius 1 is 1.37 bits per heavy atom. The third-order valence-corrected chi connectivity index (χ3v) is 3.26. The van der Waals surface area contributed by atoms with E-state index in [0.29, 0.717) is 18.2 Å². The third-order valence-electron chi connectivity index (χ3n) is 3.26. The number of rotatable bonds is 3. The summed E-state index contributed by atoms with van der Waals surface area (Å²) in [7, 11) is 0. The fraction of sp³-hybridized carbons (Fsp3) is 0.357. The fourth-order valence-corrected chi connectivity index (χ4v) is 2.14. The summed E-state index contributed by atoms with van der Waals surface area (Å²) in [5, 5.41) is 2.88. The molecule has 1 aromatic carbocycles. The minimum Gasteiger partial charge on any atom is -0.381 e. The van der Waals surface area contributed by atoms with E-state index in [2.05, 4.69) is 15.3 Å². The average Bonchev–Trinajstić information content (AvgIpc) is 2.97. The minimum atomic E-state index is -0.176. The molecule has 1 N–H and O–H groups in total. The van der Waals surface area contributed by atoms with E-state index in [4.69, 9.17) is 4.74 Å². The van der Waals surface area contributed by atoms with Gasteiger partial charge in [-0.15, -0.1) is 0 Å². The Balaban J connectivity index is 1.70. The molecule has 3 rings (SSSR count). The molecule has 0 radical (unpaired) electrons. The number of amides is 1. The Kier molecular flexibility index (Phi) is 3.37. The first-order chi connectivity index (χ1) is 9.33. The van der Waals surface area contributed by atoms with Gasteiger partial charge in [0.25, 0.3) is 5.91 Å². The lowest BCUT2D eigenvalue weighted by Gasteiger charge is -2.09. The van der Waals surface area contributed by atoms with Crippen LogP contribution < -0.4 is 5.32 Å². The molecular weight excluding hydrogens is 242 g/mol. The van der Waals surface area contributed by atoms with Gasteiger partial charge in [0.15, 0.2) is 0 Å². The number of fused-ring (bicyclic) bond motifs is 1. The van der Waals surface area contributed by atoms with E-state index in [9.17, 15) is 4.79 Å². The largest absolute Gasteiger partial charge is 0.381 e. The number of carbonyl (C=O) groups is 1. The van der Waals surface area contributed by atoms with Gasteiger partial charge in [-0.3, -0.25) is 9.78 Å². The predicted molar refractivity (Wildman–Crippen MR) is 70.8 cm³/mol. The van der Waals surface area contributed by atoms with Gasteiger partial charge in [0, 0.05) is 19.1 Å². The van der Waals surface area contributed by atoms with Crippen LogP contribution in [0.5, 0.6) is 0 Å². The zero-order chi connectivity index (χ0) is 13.1. The van der Waals surface area contributed by atoms with Crippen LogP contribution >= 0.6 is 0 Å². The number of nitrogens with zero attached hydrogens (tertiary/aromatic N) is 2. The summed E-state index contributed by atoms with van der Waals surface area (Å²) in [5.41, 5.74) is 1.89. The first-order valence-corrected chi connectivity index (χ1v) is 6.40. The zero-order valence-electron chi connectivity index (χ0n) is 10.5. The van der Waals surface area contributed by atoms with Gasteiger partial charge in [-0.05, 0) is 18.6 Å². The Morgan fingerprint density at radius 3 is 3.00 bits per heavy atom. The molecule has 1 aliphatic rings. The standard InChI is InChI=1S/C14H15N3O2/c18-14(16-7-10-5-6-19-9-10)13-8-15-11-3-1-2-4-12(11)17-13/h1-4,8,10H,5-7,9H2,(H,16,18)/t10-/m1/s1. The van der Waals surface area contributed by atoms with Crippen molar-refractivity contribution in [3.05, 3.63) is 36.2 Å². The molecule has 5 heteroatoms. The molecule has 0 unspecified atom stereocenters. The Hall–Kier alpha value is -2.01. The van der Waals surface area contributed by atoms with Crippen molar-refractivity contribution in [1.82, 2.24) is 15.3 Å². The van der Waals surface area contributed by atoms with Crippen LogP contribution in [0.25, 0.3) is 11.0 Å². The lowest BCUT2D eigenvalue weighted by atomic mass is 10.1. The van der Waals surface area contributed by atoms with E-state index < -0.39 is 0 Å². The van der Waals surface area contributed by atoms with E-state index in [0.717, 1.165) is 30.7 Å². The molecule has 1 saturated heterocycles.